The molecule has 2 aromatic rings. The molecular weight excluding hydrogens is 431 g/mol. The molecule has 6 nitrogen and oxygen atoms in total. The van der Waals surface area contributed by atoms with Crippen molar-refractivity contribution >= 4 is 22.9 Å². The Morgan fingerprint density at radius 3 is 2.78 bits per heavy atom. The average Bonchev–Trinajstić information content (AvgIpc) is 3.25. The molecule has 0 amide bonds. The standard InChI is InChI=1S/C24H23FN2O4S/c1-4-30-23(28)21-15(2)26-24-27(11-12-32-24)22(21)16-9-10-19(20(13-16)29-3)31-14-17-7-5-6-8-18(17)25/h5-13,22H,4,14H2,1-3H3/t22-/m0/s1. The third-order valence-electron chi connectivity index (χ3n) is 5.16. The first-order valence-corrected chi connectivity index (χ1v) is 11.0. The molecular formula is C24H23FN2O4S. The van der Waals surface area contributed by atoms with Crippen LogP contribution in [0.2, 0.25) is 0 Å². The third-order valence-corrected chi connectivity index (χ3v) is 5.93. The summed E-state index contributed by atoms with van der Waals surface area (Å²) >= 11 is 1.49. The molecule has 0 saturated carbocycles. The monoisotopic (exact) mass is 454 g/mol. The second kappa shape index (κ2) is 9.48. The highest BCUT2D eigenvalue weighted by Crippen LogP contribution is 2.43. The normalized spacial score (nSPS) is 17.2. The van der Waals surface area contributed by atoms with Crippen LogP contribution in [-0.4, -0.2) is 29.8 Å². The van der Waals surface area contributed by atoms with E-state index in [0.29, 0.717) is 28.3 Å². The van der Waals surface area contributed by atoms with E-state index < -0.39 is 12.0 Å². The van der Waals surface area contributed by atoms with Crippen LogP contribution in [0.1, 0.15) is 31.0 Å². The van der Waals surface area contributed by atoms with Gasteiger partial charge < -0.3 is 19.1 Å². The summed E-state index contributed by atoms with van der Waals surface area (Å²) in [7, 11) is 1.54. The average molecular weight is 455 g/mol. The van der Waals surface area contributed by atoms with Crippen LogP contribution in [-0.2, 0) is 16.1 Å². The van der Waals surface area contributed by atoms with Gasteiger partial charge in [0, 0.05) is 11.8 Å². The quantitative estimate of drug-likeness (QED) is 0.537. The molecule has 0 unspecified atom stereocenters. The third kappa shape index (κ3) is 4.23. The molecule has 166 valence electrons. The Bertz CT molecular complexity index is 1130. The minimum absolute atomic E-state index is 0.0706. The van der Waals surface area contributed by atoms with Crippen molar-refractivity contribution in [3.05, 3.63) is 82.3 Å². The van der Waals surface area contributed by atoms with E-state index in [1.54, 1.807) is 38.3 Å². The maximum absolute atomic E-state index is 13.9. The molecule has 8 heteroatoms. The van der Waals surface area contributed by atoms with E-state index in [4.69, 9.17) is 14.2 Å². The molecule has 0 aliphatic carbocycles. The van der Waals surface area contributed by atoms with Crippen molar-refractivity contribution in [3.8, 4) is 11.5 Å². The number of allylic oxidation sites excluding steroid dienone is 1. The first kappa shape index (κ1) is 22.0. The fourth-order valence-corrected chi connectivity index (χ4v) is 4.43. The number of hydrogen-bond acceptors (Lipinski definition) is 7. The molecule has 1 atom stereocenters. The van der Waals surface area contributed by atoms with E-state index in [0.717, 1.165) is 10.7 Å². The predicted octanol–water partition coefficient (Wildman–Crippen LogP) is 5.18. The van der Waals surface area contributed by atoms with Crippen LogP contribution < -0.4 is 9.47 Å². The number of thioether (sulfide) groups is 1. The largest absolute Gasteiger partial charge is 0.493 e. The number of aliphatic imine (C=N–C) groups is 1. The molecule has 0 radical (unpaired) electrons. The summed E-state index contributed by atoms with van der Waals surface area (Å²) in [5.41, 5.74) is 2.37. The van der Waals surface area contributed by atoms with Gasteiger partial charge in [-0.25, -0.2) is 14.2 Å². The zero-order valence-electron chi connectivity index (χ0n) is 18.0. The maximum Gasteiger partial charge on any atom is 0.338 e. The molecule has 2 aliphatic rings. The number of carbonyl (C=O) groups excluding carboxylic acids is 1. The van der Waals surface area contributed by atoms with Crippen molar-refractivity contribution in [1.29, 1.82) is 0 Å². The van der Waals surface area contributed by atoms with E-state index in [9.17, 15) is 9.18 Å². The molecule has 2 aliphatic heterocycles. The molecule has 0 bridgehead atoms. The Balaban J connectivity index is 1.67. The van der Waals surface area contributed by atoms with Gasteiger partial charge >= 0.3 is 5.97 Å². The van der Waals surface area contributed by atoms with E-state index in [2.05, 4.69) is 4.99 Å². The molecule has 2 heterocycles. The lowest BCUT2D eigenvalue weighted by Crippen LogP contribution is -2.34. The highest BCUT2D eigenvalue weighted by Gasteiger charge is 2.37. The Morgan fingerprint density at radius 1 is 1.22 bits per heavy atom. The van der Waals surface area contributed by atoms with Crippen molar-refractivity contribution in [1.82, 2.24) is 4.90 Å². The molecule has 4 rings (SSSR count). The van der Waals surface area contributed by atoms with Gasteiger partial charge in [0.25, 0.3) is 0 Å². The van der Waals surface area contributed by atoms with Crippen molar-refractivity contribution in [2.24, 2.45) is 4.99 Å². The van der Waals surface area contributed by atoms with E-state index >= 15 is 0 Å². The topological polar surface area (TPSA) is 60.4 Å². The summed E-state index contributed by atoms with van der Waals surface area (Å²) in [5.74, 6) is 0.241. The van der Waals surface area contributed by atoms with Crippen molar-refractivity contribution in [2.45, 2.75) is 26.5 Å². The molecule has 0 aromatic heterocycles. The van der Waals surface area contributed by atoms with Gasteiger partial charge in [0.1, 0.15) is 12.4 Å². The van der Waals surface area contributed by atoms with Crippen LogP contribution >= 0.6 is 11.8 Å². The van der Waals surface area contributed by atoms with Gasteiger partial charge in [0.2, 0.25) is 0 Å². The summed E-state index contributed by atoms with van der Waals surface area (Å²) in [5, 5.41) is 2.72. The van der Waals surface area contributed by atoms with E-state index in [1.165, 1.54) is 17.8 Å². The first-order chi connectivity index (χ1) is 15.5. The number of halogens is 1. The zero-order valence-corrected chi connectivity index (χ0v) is 18.8. The number of benzene rings is 2. The Morgan fingerprint density at radius 2 is 2.03 bits per heavy atom. The van der Waals surface area contributed by atoms with Gasteiger partial charge in [0.05, 0.1) is 31.0 Å². The van der Waals surface area contributed by atoms with Gasteiger partial charge in [-0.1, -0.05) is 36.0 Å². The van der Waals surface area contributed by atoms with Crippen molar-refractivity contribution in [2.75, 3.05) is 13.7 Å². The van der Waals surface area contributed by atoms with Crippen LogP contribution in [0.4, 0.5) is 4.39 Å². The summed E-state index contributed by atoms with van der Waals surface area (Å²) in [4.78, 5) is 19.3. The van der Waals surface area contributed by atoms with Crippen molar-refractivity contribution in [3.63, 3.8) is 0 Å². The van der Waals surface area contributed by atoms with Crippen LogP contribution in [0.25, 0.3) is 0 Å². The lowest BCUT2D eigenvalue weighted by Gasteiger charge is -2.33. The van der Waals surface area contributed by atoms with E-state index in [-0.39, 0.29) is 19.0 Å². The number of ether oxygens (including phenoxy) is 3. The molecule has 0 spiro atoms. The Labute approximate surface area is 190 Å². The number of carbonyl (C=O) groups is 1. The Kier molecular flexibility index (Phi) is 6.50. The minimum atomic E-state index is -0.415. The second-order valence-electron chi connectivity index (χ2n) is 7.12. The fourth-order valence-electron chi connectivity index (χ4n) is 3.64. The number of nitrogens with zero attached hydrogens (tertiary/aromatic N) is 2. The molecule has 0 fully saturated rings. The predicted molar refractivity (Wildman–Crippen MR) is 122 cm³/mol. The Hall–Kier alpha value is -3.26. The summed E-state index contributed by atoms with van der Waals surface area (Å²) < 4.78 is 30.6. The van der Waals surface area contributed by atoms with Crippen LogP contribution in [0.3, 0.4) is 0 Å². The van der Waals surface area contributed by atoms with Gasteiger partial charge in [-0.3, -0.25) is 0 Å². The number of fused-ring (bicyclic) bond motifs is 1. The summed E-state index contributed by atoms with van der Waals surface area (Å²) in [6.07, 6.45) is 1.90. The van der Waals surface area contributed by atoms with Crippen LogP contribution in [0, 0.1) is 5.82 Å². The molecule has 2 aromatic carbocycles. The van der Waals surface area contributed by atoms with Gasteiger partial charge in [-0.05, 0) is 43.0 Å². The lowest BCUT2D eigenvalue weighted by atomic mass is 9.94. The lowest BCUT2D eigenvalue weighted by molar-refractivity contribution is -0.139. The van der Waals surface area contributed by atoms with Crippen LogP contribution in [0.15, 0.2) is 70.3 Å². The van der Waals surface area contributed by atoms with Gasteiger partial charge in [-0.15, -0.1) is 0 Å². The zero-order chi connectivity index (χ0) is 22.7. The van der Waals surface area contributed by atoms with Gasteiger partial charge in [0.15, 0.2) is 16.7 Å². The smallest absolute Gasteiger partial charge is 0.338 e. The second-order valence-corrected chi connectivity index (χ2v) is 7.99. The van der Waals surface area contributed by atoms with Gasteiger partial charge in [-0.2, -0.15) is 0 Å². The number of rotatable bonds is 7. The minimum Gasteiger partial charge on any atom is -0.493 e. The van der Waals surface area contributed by atoms with E-state index in [1.807, 2.05) is 35.6 Å². The number of amidine groups is 1. The molecule has 32 heavy (non-hydrogen) atoms. The maximum atomic E-state index is 13.9. The molecule has 0 saturated heterocycles. The number of hydrogen-bond donors (Lipinski definition) is 0. The SMILES string of the molecule is CCOC(=O)C1=C(C)N=C2SC=CN2[C@H]1c1ccc(OCc2ccccc2F)c(OC)c1. The fraction of sp³-hybridized carbons (Fsp3) is 0.250. The number of methoxy groups -OCH3 is 1. The first-order valence-electron chi connectivity index (χ1n) is 10.2. The highest BCUT2D eigenvalue weighted by atomic mass is 32.2. The van der Waals surface area contributed by atoms with Crippen LogP contribution in [0.5, 0.6) is 11.5 Å². The molecule has 0 N–H and O–H groups in total. The van der Waals surface area contributed by atoms with Crippen molar-refractivity contribution < 1.29 is 23.4 Å². The summed E-state index contributed by atoms with van der Waals surface area (Å²) in [6.45, 7) is 3.93. The summed E-state index contributed by atoms with van der Waals surface area (Å²) in [6, 6.07) is 11.5. The number of esters is 1. The highest BCUT2D eigenvalue weighted by molar-refractivity contribution is 8.16.